The fourth-order valence-corrected chi connectivity index (χ4v) is 4.89. The molecule has 1 fully saturated rings. The van der Waals surface area contributed by atoms with E-state index in [1.165, 1.54) is 48.3 Å². The molecule has 1 saturated heterocycles. The molecule has 0 saturated carbocycles. The van der Waals surface area contributed by atoms with Gasteiger partial charge in [-0.05, 0) is 30.3 Å². The Morgan fingerprint density at radius 3 is 2.97 bits per heavy atom. The second kappa shape index (κ2) is 8.61. The molecule has 0 radical (unpaired) electrons. The van der Waals surface area contributed by atoms with Crippen molar-refractivity contribution >= 4 is 28.5 Å². The molecule has 2 aliphatic rings. The number of pyridine rings is 1. The van der Waals surface area contributed by atoms with Gasteiger partial charge >= 0.3 is 0 Å². The summed E-state index contributed by atoms with van der Waals surface area (Å²) in [6.45, 7) is -0.469. The Hall–Kier alpha value is -3.03. The normalized spacial score (nSPS) is 25.1. The average molecular weight is 443 g/mol. The Bertz CT molecular complexity index is 1070. The number of amides is 1. The fourth-order valence-electron chi connectivity index (χ4n) is 3.91. The molecule has 1 aromatic heterocycles. The maximum Gasteiger partial charge on any atom is 0.274 e. The quantitative estimate of drug-likeness (QED) is 0.751. The van der Waals surface area contributed by atoms with Crippen molar-refractivity contribution in [1.29, 1.82) is 5.26 Å². The highest BCUT2D eigenvalue weighted by Crippen LogP contribution is 2.48. The first-order chi connectivity index (χ1) is 14.9. The van der Waals surface area contributed by atoms with Gasteiger partial charge in [0.15, 0.2) is 5.17 Å². The van der Waals surface area contributed by atoms with E-state index in [1.807, 2.05) is 6.07 Å². The second-order valence-corrected chi connectivity index (χ2v) is 8.43. The van der Waals surface area contributed by atoms with E-state index in [0.29, 0.717) is 22.2 Å². The van der Waals surface area contributed by atoms with Crippen LogP contribution in [0.15, 0.2) is 41.5 Å². The molecule has 2 aliphatic heterocycles. The topological polar surface area (TPSA) is 113 Å². The van der Waals surface area contributed by atoms with Gasteiger partial charge in [-0.1, -0.05) is 11.8 Å². The Labute approximate surface area is 181 Å². The van der Waals surface area contributed by atoms with Crippen LogP contribution in [0.3, 0.4) is 0 Å². The Morgan fingerprint density at radius 2 is 2.26 bits per heavy atom. The van der Waals surface area contributed by atoms with Crippen LogP contribution < -0.4 is 11.1 Å². The van der Waals surface area contributed by atoms with Crippen LogP contribution in [0.2, 0.25) is 0 Å². The first-order valence-corrected chi connectivity index (χ1v) is 10.6. The number of hydrogen-bond donors (Lipinski definition) is 2. The molecule has 4 rings (SSSR count). The van der Waals surface area contributed by atoms with Gasteiger partial charge in [-0.2, -0.15) is 5.26 Å². The van der Waals surface area contributed by atoms with Crippen LogP contribution in [0.4, 0.5) is 14.5 Å². The minimum Gasteiger partial charge on any atom is -0.379 e. The molecule has 31 heavy (non-hydrogen) atoms. The number of hydrogen-bond acceptors (Lipinski definition) is 7. The highest BCUT2D eigenvalue weighted by atomic mass is 32.2. The number of alkyl halides is 1. The highest BCUT2D eigenvalue weighted by Gasteiger charge is 2.49. The van der Waals surface area contributed by atoms with Crippen LogP contribution in [-0.2, 0) is 10.3 Å². The summed E-state index contributed by atoms with van der Waals surface area (Å²) < 4.78 is 34.0. The van der Waals surface area contributed by atoms with E-state index >= 15 is 4.39 Å². The lowest BCUT2D eigenvalue weighted by Gasteiger charge is -2.46. The Kier molecular flexibility index (Phi) is 5.89. The van der Waals surface area contributed by atoms with Crippen LogP contribution in [0.5, 0.6) is 0 Å². The summed E-state index contributed by atoms with van der Waals surface area (Å²) in [6.07, 6.45) is 0.739. The number of nitrogens with two attached hydrogens (primary N) is 1. The number of nitrogens with one attached hydrogen (secondary N) is 1. The monoisotopic (exact) mass is 443 g/mol. The summed E-state index contributed by atoms with van der Waals surface area (Å²) in [5.74, 6) is -0.637. The molecular formula is C21H19F2N5O2S. The Balaban J connectivity index is 1.68. The zero-order valence-electron chi connectivity index (χ0n) is 16.3. The minimum absolute atomic E-state index is 0.112. The summed E-state index contributed by atoms with van der Waals surface area (Å²) in [5, 5.41) is 11.9. The molecule has 10 heteroatoms. The van der Waals surface area contributed by atoms with Gasteiger partial charge in [-0.15, -0.1) is 0 Å². The number of aliphatic imine (C=N–C) groups is 1. The van der Waals surface area contributed by atoms with Crippen LogP contribution in [0.1, 0.15) is 28.0 Å². The smallest absolute Gasteiger partial charge is 0.274 e. The van der Waals surface area contributed by atoms with E-state index in [4.69, 9.17) is 15.7 Å². The summed E-state index contributed by atoms with van der Waals surface area (Å²) in [5.41, 5.74) is 5.94. The largest absolute Gasteiger partial charge is 0.379 e. The average Bonchev–Trinajstić information content (AvgIpc) is 2.79. The van der Waals surface area contributed by atoms with Gasteiger partial charge in [-0.3, -0.25) is 9.79 Å². The summed E-state index contributed by atoms with van der Waals surface area (Å²) in [4.78, 5) is 21.1. The number of amidine groups is 1. The fraction of sp³-hybridized carbons (Fsp3) is 0.333. The Morgan fingerprint density at radius 1 is 1.42 bits per heavy atom. The molecule has 0 unspecified atom stereocenters. The van der Waals surface area contributed by atoms with Crippen LogP contribution >= 0.6 is 11.8 Å². The van der Waals surface area contributed by atoms with Crippen LogP contribution in [0.25, 0.3) is 0 Å². The number of aromatic nitrogens is 1. The molecule has 160 valence electrons. The van der Waals surface area contributed by atoms with E-state index in [2.05, 4.69) is 15.3 Å². The first-order valence-electron chi connectivity index (χ1n) is 9.58. The number of fused-ring (bicyclic) bond motifs is 1. The number of rotatable bonds is 4. The molecule has 1 amide bonds. The van der Waals surface area contributed by atoms with Gasteiger partial charge < -0.3 is 15.8 Å². The number of nitrogens with zero attached hydrogens (tertiary/aromatic N) is 3. The predicted octanol–water partition coefficient (Wildman–Crippen LogP) is 2.98. The van der Waals surface area contributed by atoms with Crippen LogP contribution in [-0.4, -0.2) is 41.2 Å². The SMILES string of the molecule is N#Cc1ccc(C(=O)Nc2ccc(F)c([C@]34C[C@H](CF)OC[C@H]3CSC(N)=N4)c2)nc1. The standard InChI is InChI=1S/C21H19F2N5O2S/c22-7-15-6-21(13(10-30-15)11-31-20(25)28-21)16-5-14(2-3-17(16)23)27-19(29)18-4-1-12(8-24)9-26-18/h1-5,9,13,15H,6-7,10-11H2,(H2,25,28)(H,27,29)/t13-,15+,21-/m0/s1. The zero-order valence-corrected chi connectivity index (χ0v) is 17.2. The number of anilines is 1. The second-order valence-electron chi connectivity index (χ2n) is 7.39. The summed E-state index contributed by atoms with van der Waals surface area (Å²) in [7, 11) is 0. The number of thioether (sulfide) groups is 1. The molecule has 3 heterocycles. The highest BCUT2D eigenvalue weighted by molar-refractivity contribution is 8.13. The number of benzene rings is 1. The number of carbonyl (C=O) groups excluding carboxylic acids is 1. The molecule has 7 nitrogen and oxygen atoms in total. The molecule has 3 N–H and O–H groups in total. The van der Waals surface area contributed by atoms with E-state index in [1.54, 1.807) is 0 Å². The predicted molar refractivity (Wildman–Crippen MR) is 113 cm³/mol. The molecule has 1 aromatic carbocycles. The van der Waals surface area contributed by atoms with Crippen molar-refractivity contribution in [3.63, 3.8) is 0 Å². The van der Waals surface area contributed by atoms with Crippen molar-refractivity contribution in [3.8, 4) is 6.07 Å². The minimum atomic E-state index is -1.07. The first kappa shape index (κ1) is 21.2. The molecule has 0 spiro atoms. The third kappa shape index (κ3) is 4.11. The van der Waals surface area contributed by atoms with Gasteiger partial charge in [-0.25, -0.2) is 13.8 Å². The van der Waals surface area contributed by atoms with Crippen molar-refractivity contribution in [2.75, 3.05) is 24.4 Å². The lowest BCUT2D eigenvalue weighted by molar-refractivity contribution is -0.0620. The number of nitriles is 1. The maximum atomic E-state index is 15.0. The van der Waals surface area contributed by atoms with Crippen molar-refractivity contribution in [3.05, 3.63) is 59.2 Å². The summed E-state index contributed by atoms with van der Waals surface area (Å²) >= 11 is 1.36. The molecule has 0 bridgehead atoms. The van der Waals surface area contributed by atoms with E-state index < -0.39 is 30.0 Å². The number of carbonyl (C=O) groups is 1. The van der Waals surface area contributed by atoms with E-state index in [-0.39, 0.29) is 30.2 Å². The van der Waals surface area contributed by atoms with Crippen molar-refractivity contribution in [2.45, 2.75) is 18.1 Å². The molecular weight excluding hydrogens is 424 g/mol. The maximum absolute atomic E-state index is 15.0. The molecule has 2 aromatic rings. The van der Waals surface area contributed by atoms with Gasteiger partial charge in [0.2, 0.25) is 0 Å². The summed E-state index contributed by atoms with van der Waals surface area (Å²) in [6, 6.07) is 9.04. The van der Waals surface area contributed by atoms with Crippen molar-refractivity contribution in [1.82, 2.24) is 4.98 Å². The zero-order chi connectivity index (χ0) is 22.0. The van der Waals surface area contributed by atoms with Gasteiger partial charge in [0.25, 0.3) is 5.91 Å². The van der Waals surface area contributed by atoms with Gasteiger partial charge in [0, 0.05) is 35.5 Å². The van der Waals surface area contributed by atoms with Gasteiger partial charge in [0.05, 0.1) is 23.8 Å². The molecule has 0 aliphatic carbocycles. The molecule has 3 atom stereocenters. The number of halogens is 2. The van der Waals surface area contributed by atoms with Gasteiger partial charge in [0.1, 0.15) is 24.3 Å². The number of ether oxygens (including phenoxy) is 1. The third-order valence-electron chi connectivity index (χ3n) is 5.48. The van der Waals surface area contributed by atoms with E-state index in [0.717, 1.165) is 0 Å². The lowest BCUT2D eigenvalue weighted by Crippen LogP contribution is -2.50. The van der Waals surface area contributed by atoms with E-state index in [9.17, 15) is 9.18 Å². The lowest BCUT2D eigenvalue weighted by atomic mass is 9.73. The van der Waals surface area contributed by atoms with Crippen LogP contribution in [0, 0.1) is 23.1 Å². The van der Waals surface area contributed by atoms with Crippen molar-refractivity contribution in [2.24, 2.45) is 16.6 Å². The van der Waals surface area contributed by atoms with Crippen molar-refractivity contribution < 1.29 is 18.3 Å². The third-order valence-corrected chi connectivity index (χ3v) is 6.43.